The smallest absolute Gasteiger partial charge is 0.338 e. The summed E-state index contributed by atoms with van der Waals surface area (Å²) in [6.45, 7) is 3.56. The largest absolute Gasteiger partial charge is 0.452 e. The quantitative estimate of drug-likeness (QED) is 0.584. The lowest BCUT2D eigenvalue weighted by molar-refractivity contribution is 0.0429. The predicted octanol–water partition coefficient (Wildman–Crippen LogP) is 3.49. The van der Waals surface area contributed by atoms with Gasteiger partial charge in [0.1, 0.15) is 5.82 Å². The van der Waals surface area contributed by atoms with Crippen molar-refractivity contribution in [3.8, 4) is 0 Å². The molecule has 0 saturated heterocycles. The van der Waals surface area contributed by atoms with E-state index in [1.165, 1.54) is 36.4 Å². The number of carbonyl (C=O) groups excluding carboxylic acids is 1. The second kappa shape index (κ2) is 8.39. The third kappa shape index (κ3) is 5.17. The SMILES string of the molecule is CC(C)c1noc(COC(=O)c2cccc(S(=O)(=O)Nc3ccc(F)cc3)c2)n1. The first-order chi connectivity index (χ1) is 13.7. The van der Waals surface area contributed by atoms with Gasteiger partial charge < -0.3 is 9.26 Å². The molecule has 10 heteroatoms. The molecule has 0 amide bonds. The molecular formula is C19H18FN3O5S. The highest BCUT2D eigenvalue weighted by Gasteiger charge is 2.18. The molecule has 0 radical (unpaired) electrons. The summed E-state index contributed by atoms with van der Waals surface area (Å²) < 4.78 is 50.4. The molecule has 1 N–H and O–H groups in total. The van der Waals surface area contributed by atoms with E-state index in [-0.39, 0.29) is 34.6 Å². The molecule has 0 bridgehead atoms. The number of hydrogen-bond donors (Lipinski definition) is 1. The summed E-state index contributed by atoms with van der Waals surface area (Å²) in [5.41, 5.74) is 0.229. The van der Waals surface area contributed by atoms with Gasteiger partial charge in [0.15, 0.2) is 12.4 Å². The highest BCUT2D eigenvalue weighted by atomic mass is 32.2. The molecule has 29 heavy (non-hydrogen) atoms. The molecule has 2 aromatic carbocycles. The Kier molecular flexibility index (Phi) is 5.92. The first kappa shape index (κ1) is 20.5. The first-order valence-electron chi connectivity index (χ1n) is 8.62. The average molecular weight is 419 g/mol. The van der Waals surface area contributed by atoms with Crippen molar-refractivity contribution in [2.75, 3.05) is 4.72 Å². The highest BCUT2D eigenvalue weighted by molar-refractivity contribution is 7.92. The Morgan fingerprint density at radius 2 is 1.93 bits per heavy atom. The highest BCUT2D eigenvalue weighted by Crippen LogP contribution is 2.18. The van der Waals surface area contributed by atoms with Gasteiger partial charge in [-0.25, -0.2) is 17.6 Å². The maximum Gasteiger partial charge on any atom is 0.338 e. The van der Waals surface area contributed by atoms with Crippen molar-refractivity contribution >= 4 is 21.7 Å². The van der Waals surface area contributed by atoms with E-state index in [1.807, 2.05) is 13.8 Å². The third-order valence-electron chi connectivity index (χ3n) is 3.80. The Balaban J connectivity index is 1.70. The standard InChI is InChI=1S/C19H18FN3O5S/c1-12(2)18-21-17(28-22-18)11-27-19(24)13-4-3-5-16(10-13)29(25,26)23-15-8-6-14(20)7-9-15/h3-10,12,23H,11H2,1-2H3. The predicted molar refractivity (Wildman–Crippen MR) is 101 cm³/mol. The second-order valence-electron chi connectivity index (χ2n) is 6.42. The Morgan fingerprint density at radius 3 is 2.59 bits per heavy atom. The van der Waals surface area contributed by atoms with Crippen LogP contribution in [-0.4, -0.2) is 24.5 Å². The number of esters is 1. The fourth-order valence-corrected chi connectivity index (χ4v) is 3.40. The minimum atomic E-state index is -3.98. The van der Waals surface area contributed by atoms with Crippen LogP contribution in [0.2, 0.25) is 0 Å². The van der Waals surface area contributed by atoms with Gasteiger partial charge in [0, 0.05) is 11.6 Å². The van der Waals surface area contributed by atoms with Gasteiger partial charge in [-0.1, -0.05) is 25.1 Å². The van der Waals surface area contributed by atoms with Crippen LogP contribution in [0.3, 0.4) is 0 Å². The molecule has 1 aromatic heterocycles. The van der Waals surface area contributed by atoms with Gasteiger partial charge in [-0.15, -0.1) is 0 Å². The van der Waals surface area contributed by atoms with E-state index in [9.17, 15) is 17.6 Å². The van der Waals surface area contributed by atoms with E-state index in [4.69, 9.17) is 9.26 Å². The molecule has 3 rings (SSSR count). The lowest BCUT2D eigenvalue weighted by atomic mass is 10.2. The number of nitrogens with one attached hydrogen (secondary N) is 1. The maximum atomic E-state index is 13.0. The van der Waals surface area contributed by atoms with E-state index >= 15 is 0 Å². The zero-order chi connectivity index (χ0) is 21.0. The topological polar surface area (TPSA) is 111 Å². The van der Waals surface area contributed by atoms with E-state index in [0.717, 1.165) is 12.1 Å². The van der Waals surface area contributed by atoms with Crippen LogP contribution in [0.5, 0.6) is 0 Å². The Bertz CT molecular complexity index is 1110. The van der Waals surface area contributed by atoms with Crippen molar-refractivity contribution in [2.24, 2.45) is 0 Å². The van der Waals surface area contributed by atoms with Crippen molar-refractivity contribution in [3.05, 3.63) is 71.6 Å². The van der Waals surface area contributed by atoms with Gasteiger partial charge >= 0.3 is 5.97 Å². The zero-order valence-electron chi connectivity index (χ0n) is 15.6. The summed E-state index contributed by atoms with van der Waals surface area (Å²) in [7, 11) is -3.98. The number of hydrogen-bond acceptors (Lipinski definition) is 7. The second-order valence-corrected chi connectivity index (χ2v) is 8.10. The van der Waals surface area contributed by atoms with E-state index < -0.39 is 21.8 Å². The van der Waals surface area contributed by atoms with Gasteiger partial charge in [-0.05, 0) is 42.5 Å². The van der Waals surface area contributed by atoms with Gasteiger partial charge in [-0.2, -0.15) is 4.98 Å². The van der Waals surface area contributed by atoms with Gasteiger partial charge in [-0.3, -0.25) is 4.72 Å². The Labute approximate surface area is 166 Å². The molecule has 1 heterocycles. The van der Waals surface area contributed by atoms with Gasteiger partial charge in [0.2, 0.25) is 0 Å². The molecule has 152 valence electrons. The lowest BCUT2D eigenvalue weighted by Crippen LogP contribution is -2.14. The summed E-state index contributed by atoms with van der Waals surface area (Å²) in [6, 6.07) is 10.2. The number of sulfonamides is 1. The fourth-order valence-electron chi connectivity index (χ4n) is 2.29. The molecule has 8 nitrogen and oxygen atoms in total. The lowest BCUT2D eigenvalue weighted by Gasteiger charge is -2.09. The summed E-state index contributed by atoms with van der Waals surface area (Å²) in [6.07, 6.45) is 0. The number of halogens is 1. The number of anilines is 1. The summed E-state index contributed by atoms with van der Waals surface area (Å²) in [5, 5.41) is 3.77. The van der Waals surface area contributed by atoms with Gasteiger partial charge in [0.25, 0.3) is 15.9 Å². The third-order valence-corrected chi connectivity index (χ3v) is 5.18. The van der Waals surface area contributed by atoms with Crippen LogP contribution >= 0.6 is 0 Å². The van der Waals surface area contributed by atoms with Crippen LogP contribution in [0.1, 0.15) is 41.8 Å². The molecular weight excluding hydrogens is 401 g/mol. The molecule has 0 aliphatic carbocycles. The molecule has 0 aliphatic rings. The van der Waals surface area contributed by atoms with Crippen LogP contribution in [0, 0.1) is 5.82 Å². The molecule has 0 aliphatic heterocycles. The number of rotatable bonds is 7. The number of ether oxygens (including phenoxy) is 1. The normalized spacial score (nSPS) is 11.4. The molecule has 0 atom stereocenters. The number of benzene rings is 2. The molecule has 0 saturated carbocycles. The van der Waals surface area contributed by atoms with E-state index in [0.29, 0.717) is 5.82 Å². The minimum absolute atomic E-state index is 0.0376. The Hall–Kier alpha value is -3.27. The minimum Gasteiger partial charge on any atom is -0.452 e. The van der Waals surface area contributed by atoms with Gasteiger partial charge in [0.05, 0.1) is 10.5 Å². The van der Waals surface area contributed by atoms with Crippen molar-refractivity contribution in [2.45, 2.75) is 31.3 Å². The zero-order valence-corrected chi connectivity index (χ0v) is 16.4. The number of aromatic nitrogens is 2. The molecule has 0 unspecified atom stereocenters. The van der Waals surface area contributed by atoms with Crippen molar-refractivity contribution in [1.82, 2.24) is 10.1 Å². The molecule has 0 spiro atoms. The number of nitrogens with zero attached hydrogens (tertiary/aromatic N) is 2. The maximum absolute atomic E-state index is 13.0. The van der Waals surface area contributed by atoms with E-state index in [1.54, 1.807) is 0 Å². The van der Waals surface area contributed by atoms with Crippen LogP contribution in [0.25, 0.3) is 0 Å². The monoisotopic (exact) mass is 419 g/mol. The average Bonchev–Trinajstić information content (AvgIpc) is 3.17. The van der Waals surface area contributed by atoms with Crippen LogP contribution in [0.15, 0.2) is 57.9 Å². The van der Waals surface area contributed by atoms with E-state index in [2.05, 4.69) is 14.9 Å². The molecule has 3 aromatic rings. The summed E-state index contributed by atoms with van der Waals surface area (Å²) in [5.74, 6) is -0.522. The molecule has 0 fully saturated rings. The summed E-state index contributed by atoms with van der Waals surface area (Å²) >= 11 is 0. The van der Waals surface area contributed by atoms with Crippen LogP contribution in [0.4, 0.5) is 10.1 Å². The summed E-state index contributed by atoms with van der Waals surface area (Å²) in [4.78, 5) is 16.2. The number of carbonyl (C=O) groups is 1. The van der Waals surface area contributed by atoms with Crippen LogP contribution in [-0.2, 0) is 21.4 Å². The first-order valence-corrected chi connectivity index (χ1v) is 10.1. The van der Waals surface area contributed by atoms with Crippen LogP contribution < -0.4 is 4.72 Å². The Morgan fingerprint density at radius 1 is 1.21 bits per heavy atom. The van der Waals surface area contributed by atoms with Crippen molar-refractivity contribution < 1.29 is 26.9 Å². The van der Waals surface area contributed by atoms with Crippen molar-refractivity contribution in [1.29, 1.82) is 0 Å². The van der Waals surface area contributed by atoms with Crippen molar-refractivity contribution in [3.63, 3.8) is 0 Å². The fraction of sp³-hybridized carbons (Fsp3) is 0.211.